The molecule has 1 aliphatic heterocycles. The second-order valence-corrected chi connectivity index (χ2v) is 14.9. The highest BCUT2D eigenvalue weighted by molar-refractivity contribution is 7.59. The van der Waals surface area contributed by atoms with Crippen LogP contribution in [0.4, 0.5) is 9.18 Å². The highest BCUT2D eigenvalue weighted by atomic mass is 31.2. The first-order chi connectivity index (χ1) is 18.8. The van der Waals surface area contributed by atoms with Crippen LogP contribution >= 0.6 is 7.37 Å². The van der Waals surface area contributed by atoms with E-state index in [1.54, 1.807) is 12.1 Å². The number of ether oxygens (including phenoxy) is 1. The van der Waals surface area contributed by atoms with E-state index in [9.17, 15) is 28.2 Å². The van der Waals surface area contributed by atoms with Gasteiger partial charge in [0, 0.05) is 12.5 Å². The van der Waals surface area contributed by atoms with E-state index in [0.29, 0.717) is 24.9 Å². The van der Waals surface area contributed by atoms with E-state index in [1.807, 2.05) is 20.8 Å². The van der Waals surface area contributed by atoms with E-state index >= 15 is 0 Å². The van der Waals surface area contributed by atoms with E-state index in [1.165, 1.54) is 23.1 Å². The monoisotopic (exact) mass is 577 g/mol. The van der Waals surface area contributed by atoms with Gasteiger partial charge in [0.2, 0.25) is 19.2 Å². The highest BCUT2D eigenvalue weighted by Crippen LogP contribution is 2.70. The van der Waals surface area contributed by atoms with Gasteiger partial charge in [-0.25, -0.2) is 9.18 Å². The minimum Gasteiger partial charge on any atom is -0.446 e. The van der Waals surface area contributed by atoms with Crippen LogP contribution in [0.15, 0.2) is 36.9 Å². The first-order valence-corrected chi connectivity index (χ1v) is 15.9. The Labute approximate surface area is 235 Å². The summed E-state index contributed by atoms with van der Waals surface area (Å²) >= 11 is 0. The number of halogens is 1. The molecule has 1 saturated heterocycles. The molecule has 11 heteroatoms. The lowest BCUT2D eigenvalue weighted by molar-refractivity contribution is -0.142. The molecule has 1 unspecified atom stereocenters. The van der Waals surface area contributed by atoms with Gasteiger partial charge >= 0.3 is 6.09 Å². The van der Waals surface area contributed by atoms with Crippen LogP contribution in [0.1, 0.15) is 71.3 Å². The molecule has 2 aliphatic carbocycles. The number of benzene rings is 1. The second kappa shape index (κ2) is 11.6. The number of carbonyl (C=O) groups excluding carboxylic acids is 3. The Kier molecular flexibility index (Phi) is 8.81. The fourth-order valence-electron chi connectivity index (χ4n) is 5.94. The van der Waals surface area contributed by atoms with Crippen molar-refractivity contribution in [2.75, 3.05) is 6.54 Å². The Morgan fingerprint density at radius 1 is 1.25 bits per heavy atom. The lowest BCUT2D eigenvalue weighted by Gasteiger charge is -2.36. The number of hydrogen-bond donors (Lipinski definition) is 3. The van der Waals surface area contributed by atoms with Crippen LogP contribution < -0.4 is 10.6 Å². The molecule has 0 bridgehead atoms. The maximum atomic E-state index is 13.8. The van der Waals surface area contributed by atoms with Crippen molar-refractivity contribution in [3.63, 3.8) is 0 Å². The number of nitrogens with zero attached hydrogens (tertiary/aromatic N) is 1. The van der Waals surface area contributed by atoms with E-state index < -0.39 is 59.8 Å². The normalized spacial score (nSPS) is 27.0. The van der Waals surface area contributed by atoms with Gasteiger partial charge in [-0.3, -0.25) is 14.2 Å². The lowest BCUT2D eigenvalue weighted by Crippen LogP contribution is -2.58. The van der Waals surface area contributed by atoms with Gasteiger partial charge in [0.15, 0.2) is 0 Å². The van der Waals surface area contributed by atoms with E-state index in [2.05, 4.69) is 17.2 Å². The maximum Gasteiger partial charge on any atom is 0.408 e. The van der Waals surface area contributed by atoms with Crippen molar-refractivity contribution >= 4 is 25.3 Å². The smallest absolute Gasteiger partial charge is 0.408 e. The average Bonchev–Trinajstić information content (AvgIpc) is 3.20. The number of hydrogen-bond acceptors (Lipinski definition) is 5. The number of nitrogens with one attached hydrogen (secondary N) is 2. The zero-order valence-electron chi connectivity index (χ0n) is 23.5. The molecule has 220 valence electrons. The third-order valence-electron chi connectivity index (χ3n) is 8.31. The number of alkyl carbamates (subject to hydrolysis) is 1. The number of likely N-dealkylation sites (tertiary alicyclic amines) is 1. The van der Waals surface area contributed by atoms with Crippen molar-refractivity contribution in [2.24, 2.45) is 11.3 Å². The molecule has 2 saturated carbocycles. The van der Waals surface area contributed by atoms with Crippen molar-refractivity contribution in [1.82, 2.24) is 15.5 Å². The third kappa shape index (κ3) is 6.44. The van der Waals surface area contributed by atoms with Crippen LogP contribution in [0.25, 0.3) is 0 Å². The van der Waals surface area contributed by atoms with Crippen LogP contribution in [-0.4, -0.2) is 57.7 Å². The molecule has 1 aromatic carbocycles. The van der Waals surface area contributed by atoms with Crippen LogP contribution in [0.5, 0.6) is 0 Å². The molecule has 9 nitrogen and oxygen atoms in total. The molecule has 3 aliphatic rings. The van der Waals surface area contributed by atoms with Crippen LogP contribution in [0, 0.1) is 17.2 Å². The zero-order chi connectivity index (χ0) is 29.3. The molecule has 5 atom stereocenters. The molecule has 1 heterocycles. The molecule has 0 aromatic heterocycles. The molecule has 40 heavy (non-hydrogen) atoms. The molecule has 0 spiro atoms. The maximum absolute atomic E-state index is 13.8. The number of rotatable bonds is 9. The minimum atomic E-state index is -4.06. The Morgan fingerprint density at radius 2 is 1.95 bits per heavy atom. The van der Waals surface area contributed by atoms with Gasteiger partial charge < -0.3 is 25.2 Å². The van der Waals surface area contributed by atoms with Gasteiger partial charge in [0.1, 0.15) is 29.3 Å². The van der Waals surface area contributed by atoms with Crippen molar-refractivity contribution in [3.8, 4) is 0 Å². The van der Waals surface area contributed by atoms with Crippen molar-refractivity contribution in [2.45, 2.75) is 95.3 Å². The van der Waals surface area contributed by atoms with Crippen molar-refractivity contribution < 1.29 is 33.0 Å². The Hall–Kier alpha value is -2.71. The Balaban J connectivity index is 1.48. The quantitative estimate of drug-likeness (QED) is 0.289. The first kappa shape index (κ1) is 30.3. The van der Waals surface area contributed by atoms with E-state index in [4.69, 9.17) is 4.74 Å². The van der Waals surface area contributed by atoms with Gasteiger partial charge in [0.05, 0.1) is 6.16 Å². The van der Waals surface area contributed by atoms with Crippen LogP contribution in [0.2, 0.25) is 0 Å². The SMILES string of the molecule is C=C[C@@H]1C[C@]1(NC(=O)[C@@H]1CCCN1C(=O)[C@@H](NC(=O)OC1CCCC1)C(C)(C)C)P(=O)(O)Cc1cccc(F)c1. The average molecular weight is 578 g/mol. The van der Waals surface area contributed by atoms with Gasteiger partial charge in [-0.1, -0.05) is 39.0 Å². The van der Waals surface area contributed by atoms with Crippen LogP contribution in [0.3, 0.4) is 0 Å². The molecule has 3 fully saturated rings. The summed E-state index contributed by atoms with van der Waals surface area (Å²) in [6.07, 6.45) is 5.23. The summed E-state index contributed by atoms with van der Waals surface area (Å²) in [5.41, 5.74) is -0.303. The molecule has 4 rings (SSSR count). The van der Waals surface area contributed by atoms with Crippen molar-refractivity contribution in [1.29, 1.82) is 0 Å². The summed E-state index contributed by atoms with van der Waals surface area (Å²) in [6, 6.07) is 3.72. The standard InChI is InChI=1S/C29H41FN3O6P/c1-5-20-17-29(20,40(37,38)18-19-10-8-11-21(30)16-19)32-25(34)23-14-9-15-33(23)26(35)24(28(2,3)4)31-27(36)39-22-12-6-7-13-22/h5,8,10-11,16,20,22-24H,1,6-7,9,12-15,17-18H2,2-4H3,(H,31,36)(H,32,34)(H,37,38)/t20-,23+,24-,29+/m1/s1. The molecular formula is C29H41FN3O6P. The van der Waals surface area contributed by atoms with Gasteiger partial charge in [-0.2, -0.15) is 0 Å². The van der Waals surface area contributed by atoms with Gasteiger partial charge in [0.25, 0.3) is 0 Å². The number of carbonyl (C=O) groups is 3. The minimum absolute atomic E-state index is 0.157. The zero-order valence-corrected chi connectivity index (χ0v) is 24.4. The number of amides is 3. The topological polar surface area (TPSA) is 125 Å². The fraction of sp³-hybridized carbons (Fsp3) is 0.621. The predicted octanol–water partition coefficient (Wildman–Crippen LogP) is 4.69. The molecule has 3 N–H and O–H groups in total. The Bertz CT molecular complexity index is 1200. The third-order valence-corrected chi connectivity index (χ3v) is 11.0. The van der Waals surface area contributed by atoms with Gasteiger partial charge in [-0.15, -0.1) is 6.58 Å². The molecule has 1 aromatic rings. The highest BCUT2D eigenvalue weighted by Gasteiger charge is 2.65. The molecular weight excluding hydrogens is 536 g/mol. The Morgan fingerprint density at radius 3 is 2.55 bits per heavy atom. The van der Waals surface area contributed by atoms with Crippen LogP contribution in [-0.2, 0) is 25.1 Å². The van der Waals surface area contributed by atoms with Crippen molar-refractivity contribution in [3.05, 3.63) is 48.3 Å². The van der Waals surface area contributed by atoms with Gasteiger partial charge in [-0.05, 0) is 68.1 Å². The summed E-state index contributed by atoms with van der Waals surface area (Å²) in [6.45, 7) is 9.57. The second-order valence-electron chi connectivity index (χ2n) is 12.4. The fourth-order valence-corrected chi connectivity index (χ4v) is 8.30. The van der Waals surface area contributed by atoms with E-state index in [-0.39, 0.29) is 18.7 Å². The van der Waals surface area contributed by atoms with E-state index in [0.717, 1.165) is 25.7 Å². The first-order valence-electron chi connectivity index (χ1n) is 14.1. The largest absolute Gasteiger partial charge is 0.446 e. The summed E-state index contributed by atoms with van der Waals surface area (Å²) in [5.74, 6) is -1.86. The summed E-state index contributed by atoms with van der Waals surface area (Å²) in [7, 11) is -4.06. The lowest BCUT2D eigenvalue weighted by atomic mass is 9.85. The summed E-state index contributed by atoms with van der Waals surface area (Å²) in [4.78, 5) is 52.7. The molecule has 3 amide bonds. The summed E-state index contributed by atoms with van der Waals surface area (Å²) in [5, 5.41) is 4.13. The predicted molar refractivity (Wildman–Crippen MR) is 149 cm³/mol. The summed E-state index contributed by atoms with van der Waals surface area (Å²) < 4.78 is 32.9. The molecule has 0 radical (unpaired) electrons.